The first kappa shape index (κ1) is 11.2. The van der Waals surface area contributed by atoms with E-state index in [9.17, 15) is 9.90 Å². The Morgan fingerprint density at radius 3 is 2.86 bits per heavy atom. The maximum Gasteiger partial charge on any atom is 0.333 e. The van der Waals surface area contributed by atoms with E-state index in [1.54, 1.807) is 0 Å². The Labute approximate surface area is 84.8 Å². The quantitative estimate of drug-likeness (QED) is 0.415. The molecule has 0 amide bonds. The van der Waals surface area contributed by atoms with Crippen molar-refractivity contribution < 1.29 is 14.6 Å². The zero-order valence-electron chi connectivity index (χ0n) is 8.66. The number of unbranched alkanes of at least 4 members (excludes halogenated alkanes) is 2. The second kappa shape index (κ2) is 5.15. The average molecular weight is 198 g/mol. The van der Waals surface area contributed by atoms with Gasteiger partial charge >= 0.3 is 5.97 Å². The summed E-state index contributed by atoms with van der Waals surface area (Å²) in [5.74, 6) is -0.538. The Hall–Kier alpha value is -0.830. The van der Waals surface area contributed by atoms with Crippen molar-refractivity contribution in [1.82, 2.24) is 0 Å². The van der Waals surface area contributed by atoms with Crippen molar-refractivity contribution in [3.8, 4) is 0 Å². The zero-order chi connectivity index (χ0) is 10.6. The Bertz CT molecular complexity index is 223. The molecule has 1 N–H and O–H groups in total. The molecule has 0 bridgehead atoms. The van der Waals surface area contributed by atoms with E-state index in [2.05, 4.69) is 13.5 Å². The van der Waals surface area contributed by atoms with Crippen LogP contribution in [0.25, 0.3) is 0 Å². The van der Waals surface area contributed by atoms with Gasteiger partial charge in [0.2, 0.25) is 0 Å². The predicted octanol–water partition coefficient (Wildman–Crippen LogP) is 1.66. The van der Waals surface area contributed by atoms with Gasteiger partial charge in [-0.05, 0) is 6.42 Å². The van der Waals surface area contributed by atoms with Crippen molar-refractivity contribution in [3.63, 3.8) is 0 Å². The van der Waals surface area contributed by atoms with Crippen molar-refractivity contribution in [2.24, 2.45) is 5.92 Å². The monoisotopic (exact) mass is 198 g/mol. The number of hydrogen-bond acceptors (Lipinski definition) is 3. The molecular formula is C11H18O3. The lowest BCUT2D eigenvalue weighted by Gasteiger charge is -2.15. The van der Waals surface area contributed by atoms with E-state index in [0.717, 1.165) is 25.7 Å². The summed E-state index contributed by atoms with van der Waals surface area (Å²) >= 11 is 0. The summed E-state index contributed by atoms with van der Waals surface area (Å²) < 4.78 is 4.81. The number of esters is 1. The third-order valence-electron chi connectivity index (χ3n) is 2.67. The molecule has 3 heteroatoms. The second-order valence-corrected chi connectivity index (χ2v) is 3.79. The molecule has 1 rings (SSSR count). The minimum Gasteiger partial charge on any atom is -0.462 e. The fourth-order valence-corrected chi connectivity index (χ4v) is 1.66. The number of carbonyl (C=O) groups is 1. The van der Waals surface area contributed by atoms with Gasteiger partial charge in [-0.2, -0.15) is 0 Å². The molecule has 0 aromatic carbocycles. The SMILES string of the molecule is C=C1C(=O)OC[C@H]1[C@@H](O)CCCCC. The third kappa shape index (κ3) is 2.58. The molecular weight excluding hydrogens is 180 g/mol. The highest BCUT2D eigenvalue weighted by atomic mass is 16.5. The molecule has 0 aliphatic carbocycles. The van der Waals surface area contributed by atoms with Gasteiger partial charge in [0.15, 0.2) is 0 Å². The maximum absolute atomic E-state index is 11.0. The van der Waals surface area contributed by atoms with Gasteiger partial charge in [0.25, 0.3) is 0 Å². The van der Waals surface area contributed by atoms with Crippen LogP contribution in [-0.2, 0) is 9.53 Å². The number of aliphatic hydroxyl groups is 1. The molecule has 0 aromatic heterocycles. The molecule has 80 valence electrons. The first-order chi connectivity index (χ1) is 6.66. The van der Waals surface area contributed by atoms with Crippen LogP contribution in [0, 0.1) is 5.92 Å². The summed E-state index contributed by atoms with van der Waals surface area (Å²) in [6.07, 6.45) is 3.50. The van der Waals surface area contributed by atoms with E-state index in [-0.39, 0.29) is 11.9 Å². The highest BCUT2D eigenvalue weighted by molar-refractivity contribution is 5.90. The number of carbonyl (C=O) groups excluding carboxylic acids is 1. The van der Waals surface area contributed by atoms with Crippen molar-refractivity contribution in [3.05, 3.63) is 12.2 Å². The Morgan fingerprint density at radius 2 is 2.36 bits per heavy atom. The van der Waals surface area contributed by atoms with Crippen LogP contribution in [0.2, 0.25) is 0 Å². The largest absolute Gasteiger partial charge is 0.462 e. The third-order valence-corrected chi connectivity index (χ3v) is 2.67. The van der Waals surface area contributed by atoms with Crippen molar-refractivity contribution in [2.45, 2.75) is 38.7 Å². The first-order valence-corrected chi connectivity index (χ1v) is 5.20. The van der Waals surface area contributed by atoms with E-state index >= 15 is 0 Å². The smallest absolute Gasteiger partial charge is 0.333 e. The maximum atomic E-state index is 11.0. The van der Waals surface area contributed by atoms with Gasteiger partial charge in [-0.1, -0.05) is 32.8 Å². The summed E-state index contributed by atoms with van der Waals surface area (Å²) in [6.45, 7) is 6.05. The first-order valence-electron chi connectivity index (χ1n) is 5.20. The summed E-state index contributed by atoms with van der Waals surface area (Å²) in [7, 11) is 0. The molecule has 1 aliphatic rings. The van der Waals surface area contributed by atoms with Gasteiger partial charge in [0.1, 0.15) is 6.61 Å². The lowest BCUT2D eigenvalue weighted by Crippen LogP contribution is -2.21. The molecule has 0 aromatic rings. The Kier molecular flexibility index (Phi) is 4.14. The molecule has 0 unspecified atom stereocenters. The molecule has 1 saturated heterocycles. The summed E-state index contributed by atoms with van der Waals surface area (Å²) in [6, 6.07) is 0. The van der Waals surface area contributed by atoms with Crippen LogP contribution in [-0.4, -0.2) is 23.8 Å². The predicted molar refractivity (Wildman–Crippen MR) is 53.7 cm³/mol. The zero-order valence-corrected chi connectivity index (χ0v) is 8.66. The van der Waals surface area contributed by atoms with Crippen LogP contribution in [0.1, 0.15) is 32.6 Å². The molecule has 1 heterocycles. The van der Waals surface area contributed by atoms with Crippen LogP contribution < -0.4 is 0 Å². The number of rotatable bonds is 5. The van der Waals surface area contributed by atoms with Crippen LogP contribution >= 0.6 is 0 Å². The average Bonchev–Trinajstić information content (AvgIpc) is 2.48. The molecule has 3 nitrogen and oxygen atoms in total. The fraction of sp³-hybridized carbons (Fsp3) is 0.727. The summed E-state index contributed by atoms with van der Waals surface area (Å²) in [5, 5.41) is 9.77. The second-order valence-electron chi connectivity index (χ2n) is 3.79. The lowest BCUT2D eigenvalue weighted by atomic mass is 9.93. The van der Waals surface area contributed by atoms with Gasteiger partial charge in [0, 0.05) is 5.57 Å². The number of hydrogen-bond donors (Lipinski definition) is 1. The number of ether oxygens (including phenoxy) is 1. The van der Waals surface area contributed by atoms with Crippen LogP contribution in [0.5, 0.6) is 0 Å². The molecule has 1 aliphatic heterocycles. The van der Waals surface area contributed by atoms with Crippen LogP contribution in [0.3, 0.4) is 0 Å². The van der Waals surface area contributed by atoms with E-state index < -0.39 is 6.10 Å². The molecule has 0 spiro atoms. The number of aliphatic hydroxyl groups excluding tert-OH is 1. The van der Waals surface area contributed by atoms with Gasteiger partial charge in [-0.15, -0.1) is 0 Å². The number of cyclic esters (lactones) is 1. The molecule has 2 atom stereocenters. The molecule has 0 radical (unpaired) electrons. The Morgan fingerprint density at radius 1 is 1.64 bits per heavy atom. The standard InChI is InChI=1S/C11H18O3/c1-3-4-5-6-10(12)9-7-14-11(13)8(9)2/h9-10,12H,2-7H2,1H3/t9-,10+/m1/s1. The van der Waals surface area contributed by atoms with E-state index in [1.165, 1.54) is 0 Å². The Balaban J connectivity index is 2.34. The van der Waals surface area contributed by atoms with Crippen LogP contribution in [0.4, 0.5) is 0 Å². The van der Waals surface area contributed by atoms with Gasteiger partial charge in [0.05, 0.1) is 12.0 Å². The minimum atomic E-state index is -0.472. The topological polar surface area (TPSA) is 46.5 Å². The normalized spacial score (nSPS) is 23.7. The fourth-order valence-electron chi connectivity index (χ4n) is 1.66. The minimum absolute atomic E-state index is 0.181. The molecule has 14 heavy (non-hydrogen) atoms. The van der Waals surface area contributed by atoms with Gasteiger partial charge in [-0.3, -0.25) is 0 Å². The summed E-state index contributed by atoms with van der Waals surface area (Å²) in [5.41, 5.74) is 0.425. The highest BCUT2D eigenvalue weighted by Crippen LogP contribution is 2.25. The van der Waals surface area contributed by atoms with Crippen LogP contribution in [0.15, 0.2) is 12.2 Å². The van der Waals surface area contributed by atoms with Crippen molar-refractivity contribution in [2.75, 3.05) is 6.61 Å². The molecule has 0 saturated carbocycles. The van der Waals surface area contributed by atoms with Crippen molar-refractivity contribution in [1.29, 1.82) is 0 Å². The van der Waals surface area contributed by atoms with Gasteiger partial charge in [-0.25, -0.2) is 4.79 Å². The lowest BCUT2D eigenvalue weighted by molar-refractivity contribution is -0.135. The van der Waals surface area contributed by atoms with Gasteiger partial charge < -0.3 is 9.84 Å². The summed E-state index contributed by atoms with van der Waals surface area (Å²) in [4.78, 5) is 11.0. The van der Waals surface area contributed by atoms with E-state index in [1.807, 2.05) is 0 Å². The highest BCUT2D eigenvalue weighted by Gasteiger charge is 2.33. The van der Waals surface area contributed by atoms with E-state index in [4.69, 9.17) is 4.74 Å². The van der Waals surface area contributed by atoms with Crippen molar-refractivity contribution >= 4 is 5.97 Å². The van der Waals surface area contributed by atoms with E-state index in [0.29, 0.717) is 12.2 Å². The molecule has 1 fully saturated rings.